The lowest BCUT2D eigenvalue weighted by molar-refractivity contribution is -0.301. The molecule has 0 aromatic heterocycles. The molecule has 0 radical (unpaired) electrons. The largest absolute Gasteiger partial charge is 0.479 e. The van der Waals surface area contributed by atoms with E-state index in [1.54, 1.807) is 0 Å². The molecular formula is C67H100O12. The van der Waals surface area contributed by atoms with Gasteiger partial charge in [0.05, 0.1) is 6.61 Å². The Morgan fingerprint density at radius 3 is 1.19 bits per heavy atom. The van der Waals surface area contributed by atoms with E-state index < -0.39 is 67.3 Å². The van der Waals surface area contributed by atoms with Crippen LogP contribution in [0.3, 0.4) is 0 Å². The molecule has 1 heterocycles. The quantitative estimate of drug-likeness (QED) is 0.0228. The van der Waals surface area contributed by atoms with E-state index in [1.165, 1.54) is 0 Å². The molecule has 1 aliphatic rings. The van der Waals surface area contributed by atoms with Gasteiger partial charge in [-0.25, -0.2) is 4.79 Å². The lowest BCUT2D eigenvalue weighted by Gasteiger charge is -2.40. The SMILES string of the molecule is CC/C=C\C/C=C\C/C=C\C/C=C\C/C=C\CCCC(=O)OCC(COC1OC(C(=O)O)C(O)C(O)C1OC(=O)CCCCCCC/C=C\C/C=C\C/C=C\CC)OC(=O)CCC/C=C\C/C=C\C/C=C\C/C=C\C/C=C\CC. The highest BCUT2D eigenvalue weighted by Crippen LogP contribution is 2.26. The van der Waals surface area contributed by atoms with Crippen molar-refractivity contribution < 1.29 is 58.2 Å². The predicted octanol–water partition coefficient (Wildman–Crippen LogP) is 15.3. The van der Waals surface area contributed by atoms with E-state index in [2.05, 4.69) is 154 Å². The van der Waals surface area contributed by atoms with Crippen LogP contribution in [0.4, 0.5) is 0 Å². The van der Waals surface area contributed by atoms with Crippen LogP contribution in [0.25, 0.3) is 0 Å². The van der Waals surface area contributed by atoms with E-state index >= 15 is 0 Å². The van der Waals surface area contributed by atoms with Gasteiger partial charge in [-0.05, 0) is 128 Å². The molecule has 0 bridgehead atoms. The van der Waals surface area contributed by atoms with Crippen molar-refractivity contribution >= 4 is 23.9 Å². The van der Waals surface area contributed by atoms with Crippen LogP contribution in [0.5, 0.6) is 0 Å². The molecule has 1 fully saturated rings. The van der Waals surface area contributed by atoms with Gasteiger partial charge in [0.2, 0.25) is 0 Å². The molecule has 0 spiro atoms. The molecule has 1 rings (SSSR count). The average molecular weight is 1100 g/mol. The molecule has 3 N–H and O–H groups in total. The summed E-state index contributed by atoms with van der Waals surface area (Å²) < 4.78 is 28.3. The number of carboxylic acid groups (broad SMARTS) is 1. The highest BCUT2D eigenvalue weighted by molar-refractivity contribution is 5.74. The molecule has 1 aliphatic heterocycles. The maximum atomic E-state index is 13.1. The molecule has 0 amide bonds. The molecule has 6 unspecified atom stereocenters. The van der Waals surface area contributed by atoms with E-state index in [4.69, 9.17) is 23.7 Å². The molecule has 12 nitrogen and oxygen atoms in total. The summed E-state index contributed by atoms with van der Waals surface area (Å²) in [4.78, 5) is 51.1. The highest BCUT2D eigenvalue weighted by Gasteiger charge is 2.50. The van der Waals surface area contributed by atoms with Crippen molar-refractivity contribution in [3.63, 3.8) is 0 Å². The molecule has 0 saturated carbocycles. The van der Waals surface area contributed by atoms with Crippen LogP contribution in [0.15, 0.2) is 158 Å². The predicted molar refractivity (Wildman–Crippen MR) is 321 cm³/mol. The number of allylic oxidation sites excluding steroid dienone is 26. The maximum absolute atomic E-state index is 13.1. The minimum absolute atomic E-state index is 0.0188. The molecule has 79 heavy (non-hydrogen) atoms. The first-order chi connectivity index (χ1) is 38.6. The molecule has 0 aromatic rings. The van der Waals surface area contributed by atoms with Crippen molar-refractivity contribution in [1.29, 1.82) is 0 Å². The Morgan fingerprint density at radius 1 is 0.418 bits per heavy atom. The van der Waals surface area contributed by atoms with E-state index in [0.29, 0.717) is 32.1 Å². The van der Waals surface area contributed by atoms with Crippen molar-refractivity contribution in [2.75, 3.05) is 13.2 Å². The summed E-state index contributed by atoms with van der Waals surface area (Å²) in [6, 6.07) is 0. The van der Waals surface area contributed by atoms with Crippen LogP contribution in [0.1, 0.15) is 188 Å². The third-order valence-electron chi connectivity index (χ3n) is 12.1. The normalized spacial score (nSPS) is 19.0. The third kappa shape index (κ3) is 42.9. The number of unbranched alkanes of at least 4 members (excludes halogenated alkanes) is 7. The number of aliphatic hydroxyl groups is 2. The van der Waals surface area contributed by atoms with E-state index in [9.17, 15) is 34.5 Å². The lowest BCUT2D eigenvalue weighted by Crippen LogP contribution is -2.61. The van der Waals surface area contributed by atoms with Crippen LogP contribution in [-0.2, 0) is 42.9 Å². The summed E-state index contributed by atoms with van der Waals surface area (Å²) in [6.45, 7) is 5.52. The molecule has 440 valence electrons. The minimum Gasteiger partial charge on any atom is -0.479 e. The summed E-state index contributed by atoms with van der Waals surface area (Å²) in [7, 11) is 0. The van der Waals surface area contributed by atoms with Crippen molar-refractivity contribution in [1.82, 2.24) is 0 Å². The first kappa shape index (κ1) is 71.4. The summed E-state index contributed by atoms with van der Waals surface area (Å²) in [5.41, 5.74) is 0. The molecule has 6 atom stereocenters. The van der Waals surface area contributed by atoms with Crippen molar-refractivity contribution in [2.24, 2.45) is 0 Å². The minimum atomic E-state index is -1.93. The fourth-order valence-corrected chi connectivity index (χ4v) is 7.69. The van der Waals surface area contributed by atoms with Gasteiger partial charge in [-0.3, -0.25) is 14.4 Å². The summed E-state index contributed by atoms with van der Waals surface area (Å²) in [6.07, 6.45) is 65.1. The van der Waals surface area contributed by atoms with Crippen molar-refractivity contribution in [2.45, 2.75) is 225 Å². The Kier molecular flexibility index (Phi) is 47.9. The number of esters is 3. The van der Waals surface area contributed by atoms with Gasteiger partial charge in [0.15, 0.2) is 24.6 Å². The monoisotopic (exact) mass is 1100 g/mol. The van der Waals surface area contributed by atoms with Gasteiger partial charge in [0, 0.05) is 19.3 Å². The topological polar surface area (TPSA) is 175 Å². The summed E-state index contributed by atoms with van der Waals surface area (Å²) in [5.74, 6) is -3.33. The number of ether oxygens (including phenoxy) is 5. The fourth-order valence-electron chi connectivity index (χ4n) is 7.69. The smallest absolute Gasteiger partial charge is 0.335 e. The second-order valence-electron chi connectivity index (χ2n) is 19.1. The van der Waals surface area contributed by atoms with Gasteiger partial charge in [0.1, 0.15) is 18.8 Å². The van der Waals surface area contributed by atoms with Crippen LogP contribution in [-0.4, -0.2) is 89.2 Å². The number of hydrogen-bond donors (Lipinski definition) is 3. The second-order valence-corrected chi connectivity index (χ2v) is 19.1. The van der Waals surface area contributed by atoms with Crippen LogP contribution < -0.4 is 0 Å². The second kappa shape index (κ2) is 53.0. The molecular weight excluding hydrogens is 997 g/mol. The first-order valence-corrected chi connectivity index (χ1v) is 29.5. The number of carbonyl (C=O) groups excluding carboxylic acids is 3. The Bertz CT molecular complexity index is 1980. The molecule has 1 saturated heterocycles. The van der Waals surface area contributed by atoms with E-state index in [1.807, 2.05) is 24.3 Å². The zero-order chi connectivity index (χ0) is 57.5. The number of rotatable bonds is 47. The Balaban J connectivity index is 2.80. The number of aliphatic hydroxyl groups excluding tert-OH is 2. The van der Waals surface area contributed by atoms with Crippen LogP contribution >= 0.6 is 0 Å². The van der Waals surface area contributed by atoms with E-state index in [-0.39, 0.29) is 25.9 Å². The zero-order valence-electron chi connectivity index (χ0n) is 48.3. The standard InChI is InChI=1S/C67H100O12/c1-4-7-10-13-16-19-22-25-28-30-33-35-38-41-44-47-50-53-59(68)75-56-58(77-60(69)54-51-48-45-42-39-37-34-31-29-26-23-20-17-14-11-8-5-2)57-76-67-65(63(72)62(71)64(79-67)66(73)74)78-61(70)55-52-49-46-43-40-36-32-27-24-21-18-15-12-9-6-3/h7-12,16-21,25-29,32-35,37,41-42,44-45,58,62-65,67,71-72H,4-6,13-15,22-24,30-31,36,38-40,43,46-57H2,1-3H3,(H,73,74)/b10-7-,11-8-,12-9-,19-16-,20-17-,21-18-,28-25-,29-26-,32-27-,35-33-,37-34-,44-41-,45-42-. The van der Waals surface area contributed by atoms with E-state index in [0.717, 1.165) is 116 Å². The van der Waals surface area contributed by atoms with Gasteiger partial charge < -0.3 is 39.0 Å². The Labute approximate surface area is 475 Å². The average Bonchev–Trinajstić information content (AvgIpc) is 3.46. The number of aliphatic carboxylic acids is 1. The van der Waals surface area contributed by atoms with Gasteiger partial charge in [-0.1, -0.05) is 198 Å². The lowest BCUT2D eigenvalue weighted by atomic mass is 9.98. The van der Waals surface area contributed by atoms with Gasteiger partial charge in [-0.2, -0.15) is 0 Å². The number of carboxylic acids is 1. The summed E-state index contributed by atoms with van der Waals surface area (Å²) in [5, 5.41) is 31.5. The van der Waals surface area contributed by atoms with Gasteiger partial charge >= 0.3 is 23.9 Å². The van der Waals surface area contributed by atoms with Crippen molar-refractivity contribution in [3.8, 4) is 0 Å². The fraction of sp³-hybridized carbons (Fsp3) is 0.552. The van der Waals surface area contributed by atoms with Crippen LogP contribution in [0, 0.1) is 0 Å². The maximum Gasteiger partial charge on any atom is 0.335 e. The molecule has 0 aliphatic carbocycles. The van der Waals surface area contributed by atoms with Gasteiger partial charge in [-0.15, -0.1) is 0 Å². The third-order valence-corrected chi connectivity index (χ3v) is 12.1. The first-order valence-electron chi connectivity index (χ1n) is 29.5. The molecule has 0 aromatic carbocycles. The molecule has 12 heteroatoms. The number of carbonyl (C=O) groups is 4. The Hall–Kier alpha value is -5.66. The zero-order valence-corrected chi connectivity index (χ0v) is 48.3. The van der Waals surface area contributed by atoms with Gasteiger partial charge in [0.25, 0.3) is 0 Å². The van der Waals surface area contributed by atoms with Crippen molar-refractivity contribution in [3.05, 3.63) is 158 Å². The number of hydrogen-bond acceptors (Lipinski definition) is 11. The highest BCUT2D eigenvalue weighted by atomic mass is 16.7. The summed E-state index contributed by atoms with van der Waals surface area (Å²) >= 11 is 0. The Morgan fingerprint density at radius 2 is 0.772 bits per heavy atom. The van der Waals surface area contributed by atoms with Crippen LogP contribution in [0.2, 0.25) is 0 Å².